The van der Waals surface area contributed by atoms with Crippen LogP contribution in [0.4, 0.5) is 4.39 Å². The Morgan fingerprint density at radius 3 is 2.79 bits per heavy atom. The second-order valence-electron chi connectivity index (χ2n) is 3.71. The van der Waals surface area contributed by atoms with Gasteiger partial charge < -0.3 is 4.74 Å². The molecule has 3 N–H and O–H groups in total. The zero-order valence-corrected chi connectivity index (χ0v) is 9.97. The first kappa shape index (κ1) is 13.0. The van der Waals surface area contributed by atoms with Gasteiger partial charge in [0.15, 0.2) is 11.6 Å². The highest BCUT2D eigenvalue weighted by Gasteiger charge is 2.07. The summed E-state index contributed by atoms with van der Waals surface area (Å²) in [6.45, 7) is 0.0621. The van der Waals surface area contributed by atoms with Crippen LogP contribution in [0.3, 0.4) is 0 Å². The lowest BCUT2D eigenvalue weighted by atomic mass is 10.3. The third-order valence-electron chi connectivity index (χ3n) is 2.38. The van der Waals surface area contributed by atoms with Crippen LogP contribution in [0.1, 0.15) is 16.2 Å². The number of hydrogen-bond donors (Lipinski definition) is 2. The maximum Gasteiger partial charge on any atom is 0.283 e. The Morgan fingerprint density at radius 2 is 2.05 bits per heavy atom. The molecule has 0 bridgehead atoms. The number of carbonyl (C=O) groups is 1. The number of hydrogen-bond acceptors (Lipinski definition) is 4. The van der Waals surface area contributed by atoms with Gasteiger partial charge in [-0.05, 0) is 24.3 Å². The van der Waals surface area contributed by atoms with Crippen LogP contribution in [-0.4, -0.2) is 10.9 Å². The number of amides is 1. The number of nitrogen functional groups attached to an aromatic ring is 1. The summed E-state index contributed by atoms with van der Waals surface area (Å²) < 4.78 is 18.6. The number of benzene rings is 1. The van der Waals surface area contributed by atoms with Gasteiger partial charge in [-0.15, -0.1) is 0 Å². The van der Waals surface area contributed by atoms with Crippen molar-refractivity contribution in [2.45, 2.75) is 6.61 Å². The fraction of sp³-hybridized carbons (Fsp3) is 0.0769. The van der Waals surface area contributed by atoms with E-state index in [1.807, 2.05) is 5.43 Å². The predicted octanol–water partition coefficient (Wildman–Crippen LogP) is 1.40. The zero-order valence-electron chi connectivity index (χ0n) is 9.97. The number of pyridine rings is 1. The second kappa shape index (κ2) is 5.92. The first-order valence-corrected chi connectivity index (χ1v) is 5.55. The summed E-state index contributed by atoms with van der Waals surface area (Å²) in [5, 5.41) is 0. The van der Waals surface area contributed by atoms with E-state index in [9.17, 15) is 9.18 Å². The fourth-order valence-corrected chi connectivity index (χ4v) is 1.47. The number of nitrogens with one attached hydrogen (secondary N) is 1. The van der Waals surface area contributed by atoms with Crippen LogP contribution in [0.15, 0.2) is 42.5 Å². The van der Waals surface area contributed by atoms with E-state index in [0.29, 0.717) is 5.69 Å². The molecule has 1 aromatic carbocycles. The molecule has 0 spiro atoms. The van der Waals surface area contributed by atoms with Crippen molar-refractivity contribution in [1.29, 1.82) is 0 Å². The SMILES string of the molecule is NNC(=O)c1cccc(COc2ccccc2F)n1. The summed E-state index contributed by atoms with van der Waals surface area (Å²) in [6, 6.07) is 10.9. The highest BCUT2D eigenvalue weighted by atomic mass is 19.1. The average molecular weight is 261 g/mol. The van der Waals surface area contributed by atoms with Crippen LogP contribution < -0.4 is 16.0 Å². The number of nitrogens with two attached hydrogens (primary N) is 1. The number of carbonyl (C=O) groups excluding carboxylic acids is 1. The molecule has 0 aliphatic carbocycles. The number of rotatable bonds is 4. The van der Waals surface area contributed by atoms with Crippen LogP contribution in [0.2, 0.25) is 0 Å². The number of para-hydroxylation sites is 1. The molecule has 0 unspecified atom stereocenters. The third-order valence-corrected chi connectivity index (χ3v) is 2.38. The van der Waals surface area contributed by atoms with Crippen molar-refractivity contribution < 1.29 is 13.9 Å². The molecule has 98 valence electrons. The van der Waals surface area contributed by atoms with E-state index < -0.39 is 11.7 Å². The lowest BCUT2D eigenvalue weighted by Gasteiger charge is -2.07. The van der Waals surface area contributed by atoms with E-state index in [2.05, 4.69) is 4.98 Å². The van der Waals surface area contributed by atoms with Gasteiger partial charge in [0.25, 0.3) is 5.91 Å². The quantitative estimate of drug-likeness (QED) is 0.495. The maximum atomic E-state index is 13.3. The molecule has 0 radical (unpaired) electrons. The molecule has 0 aliphatic heterocycles. The minimum atomic E-state index is -0.493. The molecule has 6 heteroatoms. The van der Waals surface area contributed by atoms with Gasteiger partial charge in [-0.1, -0.05) is 18.2 Å². The molecule has 0 atom stereocenters. The Labute approximate surface area is 109 Å². The standard InChI is InChI=1S/C13H12FN3O2/c14-10-5-1-2-7-12(10)19-8-9-4-3-6-11(16-9)13(18)17-15/h1-7H,8,15H2,(H,17,18). The Kier molecular flexibility index (Phi) is 4.04. The van der Waals surface area contributed by atoms with Gasteiger partial charge in [0.05, 0.1) is 5.69 Å². The van der Waals surface area contributed by atoms with Crippen molar-refractivity contribution >= 4 is 5.91 Å². The van der Waals surface area contributed by atoms with E-state index in [-0.39, 0.29) is 18.1 Å². The highest BCUT2D eigenvalue weighted by Crippen LogP contribution is 2.16. The summed E-state index contributed by atoms with van der Waals surface area (Å²) in [4.78, 5) is 15.3. The third kappa shape index (κ3) is 3.26. The summed E-state index contributed by atoms with van der Waals surface area (Å²) >= 11 is 0. The molecular weight excluding hydrogens is 249 g/mol. The van der Waals surface area contributed by atoms with E-state index in [1.165, 1.54) is 18.2 Å². The molecule has 0 fully saturated rings. The number of nitrogens with zero attached hydrogens (tertiary/aromatic N) is 1. The molecule has 0 aliphatic rings. The zero-order chi connectivity index (χ0) is 13.7. The Hall–Kier alpha value is -2.47. The van der Waals surface area contributed by atoms with E-state index in [1.54, 1.807) is 24.3 Å². The van der Waals surface area contributed by atoms with Gasteiger partial charge in [-0.3, -0.25) is 10.2 Å². The number of halogens is 1. The van der Waals surface area contributed by atoms with Gasteiger partial charge in [-0.25, -0.2) is 15.2 Å². The van der Waals surface area contributed by atoms with Crippen LogP contribution in [-0.2, 0) is 6.61 Å². The Morgan fingerprint density at radius 1 is 1.26 bits per heavy atom. The van der Waals surface area contributed by atoms with Crippen LogP contribution >= 0.6 is 0 Å². The van der Waals surface area contributed by atoms with Crippen molar-refractivity contribution in [2.24, 2.45) is 5.84 Å². The van der Waals surface area contributed by atoms with Gasteiger partial charge in [0.2, 0.25) is 0 Å². The van der Waals surface area contributed by atoms with Crippen LogP contribution in [0, 0.1) is 5.82 Å². The summed E-state index contributed by atoms with van der Waals surface area (Å²) in [6.07, 6.45) is 0. The van der Waals surface area contributed by atoms with Crippen molar-refractivity contribution in [3.05, 3.63) is 59.7 Å². The fourth-order valence-electron chi connectivity index (χ4n) is 1.47. The molecule has 5 nitrogen and oxygen atoms in total. The van der Waals surface area contributed by atoms with Crippen molar-refractivity contribution in [1.82, 2.24) is 10.4 Å². The molecule has 2 aromatic rings. The molecule has 19 heavy (non-hydrogen) atoms. The van der Waals surface area contributed by atoms with Gasteiger partial charge in [0.1, 0.15) is 12.3 Å². The summed E-state index contributed by atoms with van der Waals surface area (Å²) in [5.41, 5.74) is 2.67. The summed E-state index contributed by atoms with van der Waals surface area (Å²) in [5.74, 6) is 4.22. The topological polar surface area (TPSA) is 77.2 Å². The van der Waals surface area contributed by atoms with Crippen molar-refractivity contribution in [2.75, 3.05) is 0 Å². The van der Waals surface area contributed by atoms with Crippen LogP contribution in [0.5, 0.6) is 5.75 Å². The van der Waals surface area contributed by atoms with Gasteiger partial charge in [0, 0.05) is 0 Å². The largest absolute Gasteiger partial charge is 0.484 e. The lowest BCUT2D eigenvalue weighted by molar-refractivity contribution is 0.0948. The van der Waals surface area contributed by atoms with Gasteiger partial charge in [-0.2, -0.15) is 0 Å². The van der Waals surface area contributed by atoms with E-state index >= 15 is 0 Å². The van der Waals surface area contributed by atoms with Crippen molar-refractivity contribution in [3.8, 4) is 5.75 Å². The molecule has 1 amide bonds. The lowest BCUT2D eigenvalue weighted by Crippen LogP contribution is -2.30. The monoisotopic (exact) mass is 261 g/mol. The van der Waals surface area contributed by atoms with Crippen molar-refractivity contribution in [3.63, 3.8) is 0 Å². The van der Waals surface area contributed by atoms with E-state index in [4.69, 9.17) is 10.6 Å². The minimum absolute atomic E-state index is 0.0621. The molecule has 0 saturated heterocycles. The first-order chi connectivity index (χ1) is 9.20. The highest BCUT2D eigenvalue weighted by molar-refractivity contribution is 5.91. The Bertz CT molecular complexity index is 590. The number of hydrazine groups is 1. The molecule has 0 saturated carbocycles. The number of ether oxygens (including phenoxy) is 1. The smallest absolute Gasteiger partial charge is 0.283 e. The first-order valence-electron chi connectivity index (χ1n) is 5.55. The Balaban J connectivity index is 2.08. The normalized spacial score (nSPS) is 10.0. The van der Waals surface area contributed by atoms with Gasteiger partial charge >= 0.3 is 0 Å². The maximum absolute atomic E-state index is 13.3. The van der Waals surface area contributed by atoms with Crippen LogP contribution in [0.25, 0.3) is 0 Å². The average Bonchev–Trinajstić information content (AvgIpc) is 2.46. The molecule has 1 heterocycles. The predicted molar refractivity (Wildman–Crippen MR) is 66.6 cm³/mol. The molecule has 2 rings (SSSR count). The minimum Gasteiger partial charge on any atom is -0.484 e. The molecule has 1 aromatic heterocycles. The second-order valence-corrected chi connectivity index (χ2v) is 3.71. The number of aromatic nitrogens is 1. The molecular formula is C13H12FN3O2. The summed E-state index contributed by atoms with van der Waals surface area (Å²) in [7, 11) is 0. The van der Waals surface area contributed by atoms with E-state index in [0.717, 1.165) is 0 Å².